The predicted octanol–water partition coefficient (Wildman–Crippen LogP) is 0.788. The van der Waals surface area contributed by atoms with Gasteiger partial charge in [0, 0.05) is 25.2 Å². The van der Waals surface area contributed by atoms with Crippen molar-refractivity contribution >= 4 is 5.91 Å². The van der Waals surface area contributed by atoms with Gasteiger partial charge in [0.05, 0.1) is 0 Å². The molecule has 0 unspecified atom stereocenters. The molecule has 2 aliphatic rings. The number of hydrazine groups is 1. The van der Waals surface area contributed by atoms with E-state index in [9.17, 15) is 9.18 Å². The zero-order chi connectivity index (χ0) is 12.0. The fourth-order valence-electron chi connectivity index (χ4n) is 2.59. The summed E-state index contributed by atoms with van der Waals surface area (Å²) in [5.74, 6) is -0.411. The Morgan fingerprint density at radius 1 is 1.35 bits per heavy atom. The molecule has 1 saturated heterocycles. The van der Waals surface area contributed by atoms with Gasteiger partial charge in [-0.25, -0.2) is 9.40 Å². The van der Waals surface area contributed by atoms with Gasteiger partial charge < -0.3 is 5.73 Å². The van der Waals surface area contributed by atoms with Crippen LogP contribution in [0.5, 0.6) is 0 Å². The van der Waals surface area contributed by atoms with Gasteiger partial charge in [-0.15, -0.1) is 0 Å². The third kappa shape index (κ3) is 1.54. The Bertz CT molecular complexity index is 477. The number of benzene rings is 1. The summed E-state index contributed by atoms with van der Waals surface area (Å²) in [5.41, 5.74) is 7.10. The molecule has 0 spiro atoms. The van der Waals surface area contributed by atoms with Crippen LogP contribution in [0.15, 0.2) is 18.2 Å². The molecule has 0 aliphatic carbocycles. The Hall–Kier alpha value is -1.46. The Morgan fingerprint density at radius 2 is 2.18 bits per heavy atom. The Balaban J connectivity index is 2.11. The van der Waals surface area contributed by atoms with Gasteiger partial charge in [0.25, 0.3) is 5.91 Å². The Kier molecular flexibility index (Phi) is 2.38. The van der Waals surface area contributed by atoms with Crippen LogP contribution in [0.4, 0.5) is 4.39 Å². The summed E-state index contributed by atoms with van der Waals surface area (Å²) in [6.45, 7) is 1.90. The molecule has 1 aromatic carbocycles. The second-order valence-electron chi connectivity index (χ2n) is 4.49. The molecule has 5 heteroatoms. The summed E-state index contributed by atoms with van der Waals surface area (Å²) < 4.78 is 13.8. The topological polar surface area (TPSA) is 49.6 Å². The van der Waals surface area contributed by atoms with Crippen LogP contribution in [-0.2, 0) is 11.3 Å². The van der Waals surface area contributed by atoms with Crippen LogP contribution in [0.1, 0.15) is 23.6 Å². The van der Waals surface area contributed by atoms with E-state index in [1.165, 1.54) is 6.07 Å². The lowest BCUT2D eigenvalue weighted by Crippen LogP contribution is -2.42. The van der Waals surface area contributed by atoms with Crippen LogP contribution in [0.2, 0.25) is 0 Å². The van der Waals surface area contributed by atoms with Crippen LogP contribution in [-0.4, -0.2) is 29.0 Å². The fourth-order valence-corrected chi connectivity index (χ4v) is 2.59. The minimum Gasteiger partial charge on any atom is -0.316 e. The molecule has 0 radical (unpaired) electrons. The van der Waals surface area contributed by atoms with Gasteiger partial charge in [0.15, 0.2) is 0 Å². The van der Waals surface area contributed by atoms with Crippen molar-refractivity contribution in [2.24, 2.45) is 5.73 Å². The van der Waals surface area contributed by atoms with E-state index in [4.69, 9.17) is 5.73 Å². The largest absolute Gasteiger partial charge is 0.316 e. The fraction of sp³-hybridized carbons (Fsp3) is 0.417. The SMILES string of the molecule is N[C@@H]1C(=O)N2CCCN2Cc2c(F)cccc21. The molecule has 1 aromatic rings. The lowest BCUT2D eigenvalue weighted by Gasteiger charge is -2.26. The monoisotopic (exact) mass is 235 g/mol. The summed E-state index contributed by atoms with van der Waals surface area (Å²) in [6.07, 6.45) is 0.919. The van der Waals surface area contributed by atoms with Crippen molar-refractivity contribution in [1.29, 1.82) is 0 Å². The van der Waals surface area contributed by atoms with E-state index in [2.05, 4.69) is 0 Å². The van der Waals surface area contributed by atoms with Crippen LogP contribution in [0.3, 0.4) is 0 Å². The molecular weight excluding hydrogens is 221 g/mol. The van der Waals surface area contributed by atoms with E-state index in [-0.39, 0.29) is 11.7 Å². The number of carbonyl (C=O) groups is 1. The van der Waals surface area contributed by atoms with E-state index in [1.807, 2.05) is 5.01 Å². The molecular formula is C12H14FN3O. The van der Waals surface area contributed by atoms with Crippen molar-refractivity contribution in [2.75, 3.05) is 13.1 Å². The van der Waals surface area contributed by atoms with Crippen molar-refractivity contribution < 1.29 is 9.18 Å². The second kappa shape index (κ2) is 3.78. The first kappa shape index (κ1) is 10.7. The molecule has 4 nitrogen and oxygen atoms in total. The molecule has 0 aromatic heterocycles. The van der Waals surface area contributed by atoms with Gasteiger partial charge in [-0.2, -0.15) is 0 Å². The van der Waals surface area contributed by atoms with Gasteiger partial charge in [-0.3, -0.25) is 9.80 Å². The van der Waals surface area contributed by atoms with Crippen molar-refractivity contribution in [3.8, 4) is 0 Å². The van der Waals surface area contributed by atoms with E-state index in [0.717, 1.165) is 13.0 Å². The molecule has 2 heterocycles. The van der Waals surface area contributed by atoms with Gasteiger partial charge in [0.2, 0.25) is 0 Å². The van der Waals surface area contributed by atoms with Crippen LogP contribution in [0, 0.1) is 5.82 Å². The molecule has 17 heavy (non-hydrogen) atoms. The van der Waals surface area contributed by atoms with E-state index in [1.54, 1.807) is 17.1 Å². The minimum absolute atomic E-state index is 0.133. The summed E-state index contributed by atoms with van der Waals surface area (Å²) >= 11 is 0. The zero-order valence-electron chi connectivity index (χ0n) is 9.40. The van der Waals surface area contributed by atoms with Crippen molar-refractivity contribution in [2.45, 2.75) is 19.0 Å². The number of amides is 1. The molecule has 3 rings (SSSR count). The number of nitrogens with two attached hydrogens (primary N) is 1. The van der Waals surface area contributed by atoms with Gasteiger partial charge in [-0.05, 0) is 18.1 Å². The molecule has 90 valence electrons. The van der Waals surface area contributed by atoms with Crippen molar-refractivity contribution in [1.82, 2.24) is 10.0 Å². The van der Waals surface area contributed by atoms with E-state index >= 15 is 0 Å². The first-order valence-corrected chi connectivity index (χ1v) is 5.77. The molecule has 2 aliphatic heterocycles. The lowest BCUT2D eigenvalue weighted by atomic mass is 10.00. The summed E-state index contributed by atoms with van der Waals surface area (Å²) in [5, 5.41) is 3.54. The first-order chi connectivity index (χ1) is 8.18. The highest BCUT2D eigenvalue weighted by molar-refractivity contribution is 5.83. The molecule has 0 bridgehead atoms. The van der Waals surface area contributed by atoms with Crippen molar-refractivity contribution in [3.05, 3.63) is 35.1 Å². The van der Waals surface area contributed by atoms with E-state index < -0.39 is 6.04 Å². The summed E-state index contributed by atoms with van der Waals surface area (Å²) in [7, 11) is 0. The minimum atomic E-state index is -0.746. The number of halogens is 1. The third-order valence-corrected chi connectivity index (χ3v) is 3.48. The molecule has 0 saturated carbocycles. The van der Waals surface area contributed by atoms with Crippen LogP contribution in [0.25, 0.3) is 0 Å². The smallest absolute Gasteiger partial charge is 0.258 e. The Labute approximate surface area is 98.8 Å². The lowest BCUT2D eigenvalue weighted by molar-refractivity contribution is -0.145. The second-order valence-corrected chi connectivity index (χ2v) is 4.49. The zero-order valence-corrected chi connectivity index (χ0v) is 9.40. The normalized spacial score (nSPS) is 24.5. The van der Waals surface area contributed by atoms with Crippen LogP contribution >= 0.6 is 0 Å². The van der Waals surface area contributed by atoms with Crippen molar-refractivity contribution in [3.63, 3.8) is 0 Å². The average Bonchev–Trinajstić information content (AvgIpc) is 2.74. The average molecular weight is 235 g/mol. The standard InChI is InChI=1S/C12H14FN3O/c13-10-4-1-3-8-9(10)7-15-5-2-6-16(15)12(17)11(8)14/h1,3-4,11H,2,5-7,14H2/t11-/m0/s1. The maximum atomic E-state index is 13.8. The van der Waals surface area contributed by atoms with E-state index in [0.29, 0.717) is 24.2 Å². The summed E-state index contributed by atoms with van der Waals surface area (Å²) in [4.78, 5) is 12.1. The molecule has 1 fully saturated rings. The predicted molar refractivity (Wildman–Crippen MR) is 60.1 cm³/mol. The van der Waals surface area contributed by atoms with Crippen LogP contribution < -0.4 is 5.73 Å². The maximum Gasteiger partial charge on any atom is 0.258 e. The van der Waals surface area contributed by atoms with Gasteiger partial charge >= 0.3 is 0 Å². The Morgan fingerprint density at radius 3 is 3.00 bits per heavy atom. The number of nitrogens with zero attached hydrogens (tertiary/aromatic N) is 2. The first-order valence-electron chi connectivity index (χ1n) is 5.77. The molecule has 1 amide bonds. The molecule has 2 N–H and O–H groups in total. The number of hydrogen-bond acceptors (Lipinski definition) is 3. The maximum absolute atomic E-state index is 13.8. The highest BCUT2D eigenvalue weighted by atomic mass is 19.1. The number of carbonyl (C=O) groups excluding carboxylic acids is 1. The number of hydrogen-bond donors (Lipinski definition) is 1. The third-order valence-electron chi connectivity index (χ3n) is 3.48. The summed E-state index contributed by atoms with van der Waals surface area (Å²) in [6, 6.07) is 4.02. The van der Waals surface area contributed by atoms with Gasteiger partial charge in [-0.1, -0.05) is 12.1 Å². The number of fused-ring (bicyclic) bond motifs is 2. The molecule has 1 atom stereocenters. The quantitative estimate of drug-likeness (QED) is 0.723. The number of rotatable bonds is 0. The highest BCUT2D eigenvalue weighted by Crippen LogP contribution is 2.29. The highest BCUT2D eigenvalue weighted by Gasteiger charge is 2.36. The van der Waals surface area contributed by atoms with Gasteiger partial charge in [0.1, 0.15) is 11.9 Å².